The van der Waals surface area contributed by atoms with Crippen molar-refractivity contribution in [2.45, 2.75) is 6.04 Å². The molecule has 0 spiro atoms. The summed E-state index contributed by atoms with van der Waals surface area (Å²) >= 11 is 0. The van der Waals surface area contributed by atoms with Gasteiger partial charge >= 0.3 is 0 Å². The first-order valence-electron chi connectivity index (χ1n) is 9.77. The number of hydrogen-bond donors (Lipinski definition) is 2. The van der Waals surface area contributed by atoms with Gasteiger partial charge in [-0.05, 0) is 18.2 Å². The zero-order valence-corrected chi connectivity index (χ0v) is 17.4. The van der Waals surface area contributed by atoms with Crippen molar-refractivity contribution in [2.75, 3.05) is 40.6 Å². The zero-order valence-electron chi connectivity index (χ0n) is 17.4. The van der Waals surface area contributed by atoms with E-state index in [1.54, 1.807) is 48.5 Å². The number of aliphatic hydroxyl groups excluding tert-OH is 2. The smallest absolute Gasteiger partial charge is 0.295 e. The van der Waals surface area contributed by atoms with Crippen LogP contribution in [0.15, 0.2) is 54.1 Å². The minimum atomic E-state index is -0.900. The predicted molar refractivity (Wildman–Crippen MR) is 113 cm³/mol. The van der Waals surface area contributed by atoms with E-state index in [4.69, 9.17) is 19.3 Å². The van der Waals surface area contributed by atoms with Gasteiger partial charge in [0.05, 0.1) is 45.7 Å². The van der Waals surface area contributed by atoms with Crippen LogP contribution in [0.1, 0.15) is 17.2 Å². The number of amides is 1. The highest BCUT2D eigenvalue weighted by molar-refractivity contribution is 6.46. The fourth-order valence-electron chi connectivity index (χ4n) is 3.57. The van der Waals surface area contributed by atoms with Gasteiger partial charge in [-0.2, -0.15) is 0 Å². The fourth-order valence-corrected chi connectivity index (χ4v) is 3.57. The molecule has 2 aromatic rings. The molecule has 1 amide bonds. The predicted octanol–water partition coefficient (Wildman–Crippen LogP) is 2.13. The van der Waals surface area contributed by atoms with Gasteiger partial charge in [0.2, 0.25) is 0 Å². The van der Waals surface area contributed by atoms with Crippen LogP contribution in [0.5, 0.6) is 11.5 Å². The number of hydrogen-bond acceptors (Lipinski definition) is 7. The van der Waals surface area contributed by atoms with Gasteiger partial charge in [0.25, 0.3) is 11.7 Å². The maximum atomic E-state index is 13.0. The summed E-state index contributed by atoms with van der Waals surface area (Å²) in [5.74, 6) is -0.864. The van der Waals surface area contributed by atoms with Crippen LogP contribution >= 0.6 is 0 Å². The maximum absolute atomic E-state index is 13.0. The van der Waals surface area contributed by atoms with E-state index in [0.717, 1.165) is 0 Å². The molecule has 8 nitrogen and oxygen atoms in total. The molecule has 1 saturated heterocycles. The lowest BCUT2D eigenvalue weighted by atomic mass is 9.94. The highest BCUT2D eigenvalue weighted by Gasteiger charge is 2.47. The van der Waals surface area contributed by atoms with E-state index in [-0.39, 0.29) is 37.7 Å². The molecule has 3 rings (SSSR count). The second-order valence-electron chi connectivity index (χ2n) is 6.80. The molecule has 164 valence electrons. The largest absolute Gasteiger partial charge is 0.507 e. The van der Waals surface area contributed by atoms with Crippen molar-refractivity contribution < 1.29 is 34.0 Å². The number of carbonyl (C=O) groups excluding carboxylic acids is 2. The summed E-state index contributed by atoms with van der Waals surface area (Å²) in [6.07, 6.45) is 0. The number of likely N-dealkylation sites (tertiary alicyclic amines) is 1. The van der Waals surface area contributed by atoms with E-state index >= 15 is 0 Å². The quantitative estimate of drug-likeness (QED) is 0.273. The zero-order chi connectivity index (χ0) is 22.4. The molecular weight excluding hydrogens is 402 g/mol. The molecule has 0 aromatic heterocycles. The van der Waals surface area contributed by atoms with E-state index in [2.05, 4.69) is 0 Å². The minimum Gasteiger partial charge on any atom is -0.507 e. The summed E-state index contributed by atoms with van der Waals surface area (Å²) in [5.41, 5.74) is 0.884. The Bertz CT molecular complexity index is 971. The van der Waals surface area contributed by atoms with Crippen molar-refractivity contribution in [3.8, 4) is 11.5 Å². The number of ether oxygens (including phenoxy) is 3. The molecule has 1 atom stereocenters. The number of ketones is 1. The first kappa shape index (κ1) is 22.3. The van der Waals surface area contributed by atoms with Gasteiger partial charge in [-0.1, -0.05) is 30.3 Å². The average molecular weight is 427 g/mol. The summed E-state index contributed by atoms with van der Waals surface area (Å²) in [6.45, 7) is 0.157. The Morgan fingerprint density at radius 1 is 1.03 bits per heavy atom. The molecule has 1 unspecified atom stereocenters. The van der Waals surface area contributed by atoms with E-state index in [9.17, 15) is 14.7 Å². The maximum Gasteiger partial charge on any atom is 0.295 e. The molecule has 1 aliphatic rings. The van der Waals surface area contributed by atoms with Crippen LogP contribution in [0, 0.1) is 0 Å². The Morgan fingerprint density at radius 2 is 1.77 bits per heavy atom. The number of rotatable bonds is 9. The highest BCUT2D eigenvalue weighted by Crippen LogP contribution is 2.43. The molecule has 31 heavy (non-hydrogen) atoms. The highest BCUT2D eigenvalue weighted by atomic mass is 16.5. The van der Waals surface area contributed by atoms with Crippen LogP contribution in [0.3, 0.4) is 0 Å². The van der Waals surface area contributed by atoms with Crippen LogP contribution in [0.2, 0.25) is 0 Å². The van der Waals surface area contributed by atoms with Gasteiger partial charge in [0.1, 0.15) is 17.3 Å². The van der Waals surface area contributed by atoms with Gasteiger partial charge in [0.15, 0.2) is 0 Å². The van der Waals surface area contributed by atoms with Crippen LogP contribution < -0.4 is 9.47 Å². The average Bonchev–Trinajstić information content (AvgIpc) is 3.06. The standard InChI is InChI=1S/C23H25NO7/c1-29-16-8-9-18(30-2)17(14-16)20-19(21(26)15-6-4-3-5-7-15)22(27)23(28)24(20)10-12-31-13-11-25/h3-9,14,20,25-26H,10-13H2,1-2H3/b21-19+. The van der Waals surface area contributed by atoms with Crippen molar-refractivity contribution in [1.29, 1.82) is 0 Å². The van der Waals surface area contributed by atoms with Crippen LogP contribution in [0.4, 0.5) is 0 Å². The molecule has 1 aliphatic heterocycles. The first-order valence-corrected chi connectivity index (χ1v) is 9.77. The number of aliphatic hydroxyl groups is 2. The van der Waals surface area contributed by atoms with Gasteiger partial charge in [-0.25, -0.2) is 0 Å². The van der Waals surface area contributed by atoms with Crippen LogP contribution in [0.25, 0.3) is 5.76 Å². The molecule has 0 bridgehead atoms. The first-order chi connectivity index (χ1) is 15.0. The number of benzene rings is 2. The lowest BCUT2D eigenvalue weighted by molar-refractivity contribution is -0.140. The second kappa shape index (κ2) is 10.1. The minimum absolute atomic E-state index is 0.0371. The van der Waals surface area contributed by atoms with Crippen molar-refractivity contribution in [1.82, 2.24) is 4.90 Å². The van der Waals surface area contributed by atoms with Gasteiger partial charge < -0.3 is 29.3 Å². The lowest BCUT2D eigenvalue weighted by Crippen LogP contribution is -2.33. The molecular formula is C23H25NO7. The van der Waals surface area contributed by atoms with E-state index in [1.165, 1.54) is 19.1 Å². The molecule has 2 aromatic carbocycles. The molecule has 0 aliphatic carbocycles. The van der Waals surface area contributed by atoms with Crippen LogP contribution in [-0.2, 0) is 14.3 Å². The van der Waals surface area contributed by atoms with E-state index in [0.29, 0.717) is 22.6 Å². The Balaban J connectivity index is 2.15. The normalized spacial score (nSPS) is 17.8. The van der Waals surface area contributed by atoms with Crippen molar-refractivity contribution in [3.63, 3.8) is 0 Å². The van der Waals surface area contributed by atoms with E-state index < -0.39 is 17.7 Å². The summed E-state index contributed by atoms with van der Waals surface area (Å²) in [5, 5.41) is 19.9. The lowest BCUT2D eigenvalue weighted by Gasteiger charge is -2.26. The molecule has 2 N–H and O–H groups in total. The summed E-state index contributed by atoms with van der Waals surface area (Å²) in [4.78, 5) is 27.2. The SMILES string of the molecule is COc1ccc(OC)c(C2/C(=C(\O)c3ccccc3)C(=O)C(=O)N2CCOCCO)c1. The summed E-state index contributed by atoms with van der Waals surface area (Å²) < 4.78 is 16.1. The van der Waals surface area contributed by atoms with Crippen LogP contribution in [-0.4, -0.2) is 67.4 Å². The second-order valence-corrected chi connectivity index (χ2v) is 6.80. The Kier molecular flexibility index (Phi) is 7.28. The Labute approximate surface area is 180 Å². The van der Waals surface area contributed by atoms with Gasteiger partial charge in [-0.3, -0.25) is 9.59 Å². The molecule has 0 saturated carbocycles. The Hall–Kier alpha value is -3.36. The molecule has 0 radical (unpaired) electrons. The third kappa shape index (κ3) is 4.55. The Morgan fingerprint density at radius 3 is 2.42 bits per heavy atom. The van der Waals surface area contributed by atoms with Crippen molar-refractivity contribution in [2.24, 2.45) is 0 Å². The topological polar surface area (TPSA) is 106 Å². The van der Waals surface area contributed by atoms with Crippen molar-refractivity contribution in [3.05, 3.63) is 65.2 Å². The summed E-state index contributed by atoms with van der Waals surface area (Å²) in [6, 6.07) is 12.7. The third-order valence-electron chi connectivity index (χ3n) is 5.03. The number of Topliss-reactive ketones (excluding diaryl/α,β-unsaturated/α-hetero) is 1. The number of methoxy groups -OCH3 is 2. The fraction of sp³-hybridized carbons (Fsp3) is 0.304. The summed E-state index contributed by atoms with van der Waals surface area (Å²) in [7, 11) is 2.99. The van der Waals surface area contributed by atoms with Gasteiger partial charge in [0, 0.05) is 17.7 Å². The number of nitrogens with zero attached hydrogens (tertiary/aromatic N) is 1. The monoisotopic (exact) mass is 427 g/mol. The third-order valence-corrected chi connectivity index (χ3v) is 5.03. The number of carbonyl (C=O) groups is 2. The van der Waals surface area contributed by atoms with Crippen molar-refractivity contribution >= 4 is 17.4 Å². The van der Waals surface area contributed by atoms with E-state index in [1.807, 2.05) is 0 Å². The molecule has 8 heteroatoms. The van der Waals surface area contributed by atoms with Gasteiger partial charge in [-0.15, -0.1) is 0 Å². The molecule has 1 heterocycles. The molecule has 1 fully saturated rings.